The molecule has 17 nitrogen and oxygen atoms in total. The van der Waals surface area contributed by atoms with Gasteiger partial charge in [-0.1, -0.05) is 29.3 Å². The fourth-order valence-electron chi connectivity index (χ4n) is 8.30. The number of ether oxygens (including phenoxy) is 3. The molecule has 63 heavy (non-hydrogen) atoms. The monoisotopic (exact) mass is 905 g/mol. The molecule has 20 heteroatoms. The van der Waals surface area contributed by atoms with Gasteiger partial charge in [0.1, 0.15) is 24.6 Å². The molecule has 2 aromatic heterocycles. The van der Waals surface area contributed by atoms with E-state index in [0.717, 1.165) is 28.9 Å². The minimum absolute atomic E-state index is 0.0349. The number of halogens is 3. The number of hydrogen-bond donors (Lipinski definition) is 3. The van der Waals surface area contributed by atoms with Crippen LogP contribution in [0.4, 0.5) is 15.9 Å². The average molecular weight is 907 g/mol. The number of imide groups is 2. The van der Waals surface area contributed by atoms with Gasteiger partial charge < -0.3 is 30.2 Å². The first kappa shape index (κ1) is 44.0. The predicted octanol–water partition coefficient (Wildman–Crippen LogP) is 4.51. The molecule has 0 spiro atoms. The molecule has 0 bridgehead atoms. The maximum absolute atomic E-state index is 14.1. The summed E-state index contributed by atoms with van der Waals surface area (Å²) in [5.74, 6) is -2.38. The van der Waals surface area contributed by atoms with E-state index in [1.807, 2.05) is 10.9 Å². The summed E-state index contributed by atoms with van der Waals surface area (Å²) in [6.45, 7) is 5.99. The number of hydrogen-bond acceptors (Lipinski definition) is 13. The highest BCUT2D eigenvalue weighted by Crippen LogP contribution is 2.38. The number of nitrogens with two attached hydrogens (primary N) is 1. The molecule has 4 aromatic rings. The lowest BCUT2D eigenvalue weighted by Crippen LogP contribution is -2.55. The van der Waals surface area contributed by atoms with Gasteiger partial charge in [0.15, 0.2) is 11.6 Å². The third-order valence-electron chi connectivity index (χ3n) is 11.7. The molecular weight excluding hydrogens is 860 g/mol. The van der Waals surface area contributed by atoms with Gasteiger partial charge in [-0.15, -0.1) is 0 Å². The van der Waals surface area contributed by atoms with E-state index in [-0.39, 0.29) is 71.0 Å². The molecule has 0 saturated carbocycles. The van der Waals surface area contributed by atoms with Crippen molar-refractivity contribution in [3.8, 4) is 16.9 Å². The number of carbonyl (C=O) groups is 5. The molecule has 0 aliphatic carbocycles. The summed E-state index contributed by atoms with van der Waals surface area (Å²) in [4.78, 5) is 72.7. The van der Waals surface area contributed by atoms with Crippen LogP contribution in [0.5, 0.6) is 5.75 Å². The van der Waals surface area contributed by atoms with Crippen molar-refractivity contribution in [1.29, 1.82) is 0 Å². The normalized spacial score (nSPS) is 19.0. The van der Waals surface area contributed by atoms with E-state index in [0.29, 0.717) is 62.9 Å². The zero-order chi connectivity index (χ0) is 44.4. The zero-order valence-electron chi connectivity index (χ0n) is 34.4. The molecule has 4 N–H and O–H groups in total. The van der Waals surface area contributed by atoms with Crippen LogP contribution in [0.3, 0.4) is 0 Å². The van der Waals surface area contributed by atoms with Crippen molar-refractivity contribution in [2.24, 2.45) is 0 Å². The highest BCUT2D eigenvalue weighted by atomic mass is 35.5. The van der Waals surface area contributed by atoms with Gasteiger partial charge in [-0.2, -0.15) is 5.10 Å². The number of carbonyl (C=O) groups excluding carboxylic acids is 5. The number of pyridine rings is 1. The molecule has 2 aromatic carbocycles. The Balaban J connectivity index is 0.708. The van der Waals surface area contributed by atoms with E-state index in [1.54, 1.807) is 48.5 Å². The van der Waals surface area contributed by atoms with Crippen LogP contribution in [-0.2, 0) is 23.9 Å². The third kappa shape index (κ3) is 9.50. The fourth-order valence-corrected chi connectivity index (χ4v) is 8.98. The third-order valence-corrected chi connectivity index (χ3v) is 12.4. The second kappa shape index (κ2) is 19.0. The van der Waals surface area contributed by atoms with Crippen LogP contribution < -0.4 is 21.1 Å². The van der Waals surface area contributed by atoms with Crippen LogP contribution in [0.1, 0.15) is 71.0 Å². The molecule has 2 atom stereocenters. The van der Waals surface area contributed by atoms with E-state index >= 15 is 0 Å². The predicted molar refractivity (Wildman–Crippen MR) is 229 cm³/mol. The molecule has 3 saturated heterocycles. The first-order valence-electron chi connectivity index (χ1n) is 20.7. The number of nitrogen functional groups attached to an aromatic ring is 1. The lowest BCUT2D eigenvalue weighted by molar-refractivity contribution is -0.138. The number of rotatable bonds is 16. The van der Waals surface area contributed by atoms with Gasteiger partial charge in [-0.25, -0.2) is 9.37 Å². The van der Waals surface area contributed by atoms with E-state index in [2.05, 4.69) is 25.6 Å². The summed E-state index contributed by atoms with van der Waals surface area (Å²) in [6, 6.07) is 8.51. The number of benzene rings is 2. The van der Waals surface area contributed by atoms with E-state index in [4.69, 9.17) is 43.1 Å². The van der Waals surface area contributed by atoms with Gasteiger partial charge in [0.25, 0.3) is 11.8 Å². The van der Waals surface area contributed by atoms with E-state index < -0.39 is 41.6 Å². The van der Waals surface area contributed by atoms with E-state index in [1.165, 1.54) is 12.1 Å². The number of anilines is 2. The number of fused-ring (bicyclic) bond motifs is 1. The van der Waals surface area contributed by atoms with Crippen LogP contribution in [0.2, 0.25) is 10.0 Å². The Kier molecular flexibility index (Phi) is 13.2. The Morgan fingerprint density at radius 1 is 1.00 bits per heavy atom. The molecule has 6 heterocycles. The summed E-state index contributed by atoms with van der Waals surface area (Å²) in [5, 5.41) is 10.3. The Morgan fingerprint density at radius 2 is 1.78 bits per heavy atom. The SMILES string of the molecule is CC(Oc1cc(-c2cnn(C3CCN(C(=O)COCCOCCN4CC(Nc5cccc6c5C(=O)N(C5CCC(=O)NC5=O)C6=O)C4)CC3)c2)cnc1N)c1c(Cl)ccc(F)c1Cl. The molecule has 0 radical (unpaired) electrons. The van der Waals surface area contributed by atoms with Gasteiger partial charge in [-0.05, 0) is 56.5 Å². The fraction of sp³-hybridized carbons (Fsp3) is 0.419. The van der Waals surface area contributed by atoms with Crippen LogP contribution in [-0.4, -0.2) is 130 Å². The minimum atomic E-state index is -1.02. The maximum atomic E-state index is 14.1. The highest BCUT2D eigenvalue weighted by molar-refractivity contribution is 6.36. The highest BCUT2D eigenvalue weighted by Gasteiger charge is 2.46. The van der Waals surface area contributed by atoms with E-state index in [9.17, 15) is 28.4 Å². The smallest absolute Gasteiger partial charge is 0.264 e. The first-order chi connectivity index (χ1) is 30.4. The molecule has 2 unspecified atom stereocenters. The summed E-state index contributed by atoms with van der Waals surface area (Å²) in [7, 11) is 0. The van der Waals surface area contributed by atoms with Crippen molar-refractivity contribution in [3.63, 3.8) is 0 Å². The van der Waals surface area contributed by atoms with Crippen LogP contribution in [0.25, 0.3) is 11.1 Å². The van der Waals surface area contributed by atoms with Crippen LogP contribution in [0.15, 0.2) is 55.0 Å². The zero-order valence-corrected chi connectivity index (χ0v) is 35.9. The number of likely N-dealkylation sites (tertiary alicyclic amines) is 2. The van der Waals surface area contributed by atoms with Crippen molar-refractivity contribution in [2.45, 2.75) is 56.8 Å². The Bertz CT molecular complexity index is 2420. The van der Waals surface area contributed by atoms with Gasteiger partial charge in [0.2, 0.25) is 17.7 Å². The second-order valence-corrected chi connectivity index (χ2v) is 16.7. The molecule has 8 rings (SSSR count). The lowest BCUT2D eigenvalue weighted by atomic mass is 10.0. The van der Waals surface area contributed by atoms with Crippen molar-refractivity contribution in [3.05, 3.63) is 87.5 Å². The van der Waals surface area contributed by atoms with Crippen LogP contribution in [0, 0.1) is 5.82 Å². The van der Waals surface area contributed by atoms with Crippen molar-refractivity contribution in [1.82, 2.24) is 34.8 Å². The van der Waals surface area contributed by atoms with Crippen molar-refractivity contribution >= 4 is 64.2 Å². The molecule has 4 aliphatic rings. The summed E-state index contributed by atoms with van der Waals surface area (Å²) in [5.41, 5.74) is 8.96. The van der Waals surface area contributed by atoms with Crippen molar-refractivity contribution < 1.29 is 42.6 Å². The second-order valence-electron chi connectivity index (χ2n) is 15.9. The number of amides is 5. The molecule has 332 valence electrons. The van der Waals surface area contributed by atoms with Gasteiger partial charge in [-0.3, -0.25) is 43.8 Å². The Labute approximate surface area is 371 Å². The number of nitrogens with zero attached hydrogens (tertiary/aromatic N) is 6. The topological polar surface area (TPSA) is 204 Å². The maximum Gasteiger partial charge on any atom is 0.264 e. The van der Waals surface area contributed by atoms with Gasteiger partial charge in [0.05, 0.1) is 54.3 Å². The molecule has 3 fully saturated rings. The van der Waals surface area contributed by atoms with Gasteiger partial charge >= 0.3 is 0 Å². The first-order valence-corrected chi connectivity index (χ1v) is 21.5. The molecular formula is C43H46Cl2FN9O8. The van der Waals surface area contributed by atoms with Crippen molar-refractivity contribution in [2.75, 3.05) is 70.2 Å². The van der Waals surface area contributed by atoms with Crippen LogP contribution >= 0.6 is 23.2 Å². The number of aromatic nitrogens is 3. The Morgan fingerprint density at radius 3 is 2.56 bits per heavy atom. The summed E-state index contributed by atoms with van der Waals surface area (Å²) < 4.78 is 33.5. The largest absolute Gasteiger partial charge is 0.482 e. The Hall–Kier alpha value is -5.66. The number of nitrogens with one attached hydrogen (secondary N) is 2. The standard InChI is InChI=1S/C43H46Cl2FN9O8/c1-24(37-30(44)5-6-31(46)39(37)45)63-34-17-25(18-48-40(34)47)26-19-49-54(20-26)28-9-11-53(12-10-28)36(57)23-62-16-15-61-14-13-52-21-27(22-52)50-32-4-2-3-29-38(32)43(60)55(42(29)59)33-7-8-35(56)51-41(33)58/h2-6,17-20,24,27-28,33,50H,7-16,21-23H2,1H3,(H2,47,48)(H,51,56,58). The summed E-state index contributed by atoms with van der Waals surface area (Å²) >= 11 is 12.5. The minimum Gasteiger partial charge on any atom is -0.482 e. The number of piperidine rings is 2. The van der Waals surface area contributed by atoms with Gasteiger partial charge in [0, 0.05) is 78.9 Å². The quantitative estimate of drug-likeness (QED) is 0.0806. The summed E-state index contributed by atoms with van der Waals surface area (Å²) in [6.07, 6.45) is 6.17. The lowest BCUT2D eigenvalue weighted by Gasteiger charge is -2.40. The molecule has 4 aliphatic heterocycles. The average Bonchev–Trinajstić information content (AvgIpc) is 3.85. The molecule has 5 amide bonds.